The third kappa shape index (κ3) is 4.02. The molecule has 0 spiro atoms. The van der Waals surface area contributed by atoms with Crippen LogP contribution in [0.25, 0.3) is 10.6 Å². The number of piperidine rings is 1. The number of carboxylic acid groups (broad SMARTS) is 1. The average Bonchev–Trinajstić information content (AvgIpc) is 3.03. The van der Waals surface area contributed by atoms with E-state index in [1.54, 1.807) is 4.90 Å². The fourth-order valence-electron chi connectivity index (χ4n) is 2.81. The number of aliphatic carboxylic acids is 1. The molecule has 1 aliphatic rings. The summed E-state index contributed by atoms with van der Waals surface area (Å²) in [6, 6.07) is 7.88. The van der Waals surface area contributed by atoms with Crippen LogP contribution in [-0.4, -0.2) is 40.0 Å². The summed E-state index contributed by atoms with van der Waals surface area (Å²) >= 11 is 4.95. The van der Waals surface area contributed by atoms with Gasteiger partial charge < -0.3 is 10.0 Å². The normalized spacial score (nSPS) is 17.7. The van der Waals surface area contributed by atoms with Crippen LogP contribution in [0.2, 0.25) is 0 Å². The van der Waals surface area contributed by atoms with Gasteiger partial charge in [-0.05, 0) is 25.0 Å². The van der Waals surface area contributed by atoms with Crippen molar-refractivity contribution >= 4 is 39.1 Å². The highest BCUT2D eigenvalue weighted by Gasteiger charge is 2.28. The van der Waals surface area contributed by atoms with Gasteiger partial charge in [0.2, 0.25) is 5.91 Å². The van der Waals surface area contributed by atoms with E-state index >= 15 is 0 Å². The second kappa shape index (κ2) is 7.44. The standard InChI is InChI=1S/C17H17BrN2O3S/c18-13-5-1-3-11(7-13)16-19-14(10-24-16)8-15(21)20-6-2-4-12(9-20)17(22)23/h1,3,5,7,10,12H,2,4,6,8-9H2,(H,22,23)/t12-/m1/s1. The molecule has 1 aromatic heterocycles. The van der Waals surface area contributed by atoms with Crippen molar-refractivity contribution in [3.63, 3.8) is 0 Å². The number of carbonyl (C=O) groups is 2. The van der Waals surface area contributed by atoms with Crippen molar-refractivity contribution in [2.24, 2.45) is 5.92 Å². The third-order valence-electron chi connectivity index (χ3n) is 4.08. The minimum atomic E-state index is -0.821. The second-order valence-corrected chi connectivity index (χ2v) is 7.62. The number of carboxylic acids is 1. The van der Waals surface area contributed by atoms with Crippen LogP contribution in [0.5, 0.6) is 0 Å². The predicted octanol–water partition coefficient (Wildman–Crippen LogP) is 3.44. The molecular weight excluding hydrogens is 392 g/mol. The zero-order valence-corrected chi connectivity index (χ0v) is 15.3. The molecule has 1 saturated heterocycles. The first kappa shape index (κ1) is 17.1. The molecule has 7 heteroatoms. The Morgan fingerprint density at radius 3 is 3.00 bits per heavy atom. The van der Waals surface area contributed by atoms with E-state index < -0.39 is 11.9 Å². The van der Waals surface area contributed by atoms with Crippen molar-refractivity contribution in [1.82, 2.24) is 9.88 Å². The molecule has 0 saturated carbocycles. The van der Waals surface area contributed by atoms with Crippen molar-refractivity contribution in [2.75, 3.05) is 13.1 Å². The average molecular weight is 409 g/mol. The van der Waals surface area contributed by atoms with Crippen molar-refractivity contribution in [3.8, 4) is 10.6 Å². The minimum absolute atomic E-state index is 0.0490. The lowest BCUT2D eigenvalue weighted by molar-refractivity contribution is -0.145. The maximum Gasteiger partial charge on any atom is 0.308 e. The lowest BCUT2D eigenvalue weighted by atomic mass is 9.98. The predicted molar refractivity (Wildman–Crippen MR) is 95.9 cm³/mol. The molecular formula is C17H17BrN2O3S. The van der Waals surface area contributed by atoms with E-state index in [4.69, 9.17) is 5.11 Å². The summed E-state index contributed by atoms with van der Waals surface area (Å²) in [7, 11) is 0. The van der Waals surface area contributed by atoms with Gasteiger partial charge in [0.1, 0.15) is 5.01 Å². The molecule has 24 heavy (non-hydrogen) atoms. The van der Waals surface area contributed by atoms with Crippen molar-refractivity contribution < 1.29 is 14.7 Å². The Kier molecular flexibility index (Phi) is 5.30. The molecule has 1 amide bonds. The summed E-state index contributed by atoms with van der Waals surface area (Å²) in [6.07, 6.45) is 1.60. The zero-order chi connectivity index (χ0) is 17.1. The summed E-state index contributed by atoms with van der Waals surface area (Å²) in [5.41, 5.74) is 1.74. The van der Waals surface area contributed by atoms with Gasteiger partial charge in [0.05, 0.1) is 18.0 Å². The van der Waals surface area contributed by atoms with E-state index in [0.29, 0.717) is 19.5 Å². The second-order valence-electron chi connectivity index (χ2n) is 5.85. The molecule has 1 aliphatic heterocycles. The van der Waals surface area contributed by atoms with Crippen LogP contribution in [0, 0.1) is 5.92 Å². The largest absolute Gasteiger partial charge is 0.481 e. The van der Waals surface area contributed by atoms with E-state index in [1.165, 1.54) is 11.3 Å². The quantitative estimate of drug-likeness (QED) is 0.840. The van der Waals surface area contributed by atoms with Crippen LogP contribution < -0.4 is 0 Å². The first-order valence-corrected chi connectivity index (χ1v) is 9.41. The van der Waals surface area contributed by atoms with Crippen LogP contribution in [0.4, 0.5) is 0 Å². The summed E-state index contributed by atoms with van der Waals surface area (Å²) in [6.45, 7) is 0.933. The summed E-state index contributed by atoms with van der Waals surface area (Å²) < 4.78 is 0.987. The first-order chi connectivity index (χ1) is 11.5. The number of rotatable bonds is 4. The molecule has 2 heterocycles. The van der Waals surface area contributed by atoms with E-state index in [0.717, 1.165) is 27.2 Å². The van der Waals surface area contributed by atoms with Crippen LogP contribution in [0.3, 0.4) is 0 Å². The molecule has 5 nitrogen and oxygen atoms in total. The number of halogens is 1. The molecule has 2 aromatic rings. The van der Waals surface area contributed by atoms with Crippen molar-refractivity contribution in [2.45, 2.75) is 19.3 Å². The number of hydrogen-bond acceptors (Lipinski definition) is 4. The molecule has 1 atom stereocenters. The van der Waals surface area contributed by atoms with Crippen LogP contribution in [0.15, 0.2) is 34.1 Å². The van der Waals surface area contributed by atoms with E-state index in [2.05, 4.69) is 20.9 Å². The maximum atomic E-state index is 12.4. The number of nitrogens with zero attached hydrogens (tertiary/aromatic N) is 2. The molecule has 0 bridgehead atoms. The van der Waals surface area contributed by atoms with Gasteiger partial charge in [-0.15, -0.1) is 11.3 Å². The smallest absolute Gasteiger partial charge is 0.308 e. The van der Waals surface area contributed by atoms with E-state index in [1.807, 2.05) is 29.6 Å². The molecule has 1 fully saturated rings. The molecule has 126 valence electrons. The number of benzene rings is 1. The fourth-order valence-corrected chi connectivity index (χ4v) is 4.03. The van der Waals surface area contributed by atoms with Gasteiger partial charge in [-0.25, -0.2) is 4.98 Å². The number of aromatic nitrogens is 1. The Bertz CT molecular complexity index is 762. The van der Waals surface area contributed by atoms with Gasteiger partial charge in [0, 0.05) is 28.5 Å². The van der Waals surface area contributed by atoms with Gasteiger partial charge in [0.15, 0.2) is 0 Å². The molecule has 0 aliphatic carbocycles. The fraction of sp³-hybridized carbons (Fsp3) is 0.353. The Morgan fingerprint density at radius 1 is 1.42 bits per heavy atom. The van der Waals surface area contributed by atoms with Crippen LogP contribution in [0.1, 0.15) is 18.5 Å². The number of carbonyl (C=O) groups excluding carboxylic acids is 1. The molecule has 1 aromatic carbocycles. The third-order valence-corrected chi connectivity index (χ3v) is 5.51. The number of hydrogen-bond donors (Lipinski definition) is 1. The highest BCUT2D eigenvalue weighted by molar-refractivity contribution is 9.10. The molecule has 0 radical (unpaired) electrons. The lowest BCUT2D eigenvalue weighted by Crippen LogP contribution is -2.43. The van der Waals surface area contributed by atoms with E-state index in [9.17, 15) is 9.59 Å². The Morgan fingerprint density at radius 2 is 2.25 bits per heavy atom. The summed E-state index contributed by atoms with van der Waals surface area (Å²) in [5.74, 6) is -1.32. The highest BCUT2D eigenvalue weighted by atomic mass is 79.9. The van der Waals surface area contributed by atoms with Crippen molar-refractivity contribution in [1.29, 1.82) is 0 Å². The summed E-state index contributed by atoms with van der Waals surface area (Å²) in [4.78, 5) is 29.7. The van der Waals surface area contributed by atoms with Crippen LogP contribution in [-0.2, 0) is 16.0 Å². The zero-order valence-electron chi connectivity index (χ0n) is 12.9. The topological polar surface area (TPSA) is 70.5 Å². The van der Waals surface area contributed by atoms with Gasteiger partial charge in [0.25, 0.3) is 0 Å². The molecule has 0 unspecified atom stereocenters. The lowest BCUT2D eigenvalue weighted by Gasteiger charge is -2.30. The van der Waals surface area contributed by atoms with Crippen molar-refractivity contribution in [3.05, 3.63) is 39.8 Å². The minimum Gasteiger partial charge on any atom is -0.481 e. The Labute approximate surface area is 152 Å². The number of likely N-dealkylation sites (tertiary alicyclic amines) is 1. The monoisotopic (exact) mass is 408 g/mol. The SMILES string of the molecule is O=C(O)[C@@H]1CCCN(C(=O)Cc2csc(-c3cccc(Br)c3)n2)C1. The molecule has 3 rings (SSSR count). The van der Waals surface area contributed by atoms with Gasteiger partial charge in [-0.1, -0.05) is 28.1 Å². The van der Waals surface area contributed by atoms with Gasteiger partial charge in [-0.3, -0.25) is 9.59 Å². The van der Waals surface area contributed by atoms with Crippen LogP contribution >= 0.6 is 27.3 Å². The highest BCUT2D eigenvalue weighted by Crippen LogP contribution is 2.26. The number of amides is 1. The van der Waals surface area contributed by atoms with E-state index in [-0.39, 0.29) is 12.3 Å². The first-order valence-electron chi connectivity index (χ1n) is 7.74. The van der Waals surface area contributed by atoms with Gasteiger partial charge >= 0.3 is 5.97 Å². The maximum absolute atomic E-state index is 12.4. The number of thiazole rings is 1. The summed E-state index contributed by atoms with van der Waals surface area (Å²) in [5, 5.41) is 11.9. The Balaban J connectivity index is 1.66. The molecule has 1 N–H and O–H groups in total. The van der Waals surface area contributed by atoms with Gasteiger partial charge in [-0.2, -0.15) is 0 Å². The Hall–Kier alpha value is -1.73.